The molecule has 4 nitrogen and oxygen atoms in total. The number of rotatable bonds is 4. The molecule has 0 saturated carbocycles. The Bertz CT molecular complexity index is 475. The Hall–Kier alpha value is -1.55. The fourth-order valence-corrected chi connectivity index (χ4v) is 2.90. The average Bonchev–Trinajstić information content (AvgIpc) is 2.47. The minimum absolute atomic E-state index is 0.205. The van der Waals surface area contributed by atoms with Crippen LogP contribution in [0, 0.1) is 5.41 Å². The lowest BCUT2D eigenvalue weighted by Gasteiger charge is -2.36. The van der Waals surface area contributed by atoms with Crippen LogP contribution in [0.25, 0.3) is 0 Å². The van der Waals surface area contributed by atoms with Gasteiger partial charge in [0.1, 0.15) is 0 Å². The zero-order valence-corrected chi connectivity index (χ0v) is 13.6. The van der Waals surface area contributed by atoms with Crippen LogP contribution in [0.15, 0.2) is 24.3 Å². The van der Waals surface area contributed by atoms with Crippen molar-refractivity contribution in [1.29, 1.82) is 0 Å². The van der Waals surface area contributed by atoms with Gasteiger partial charge in [-0.1, -0.05) is 19.1 Å². The molecule has 2 rings (SSSR count). The van der Waals surface area contributed by atoms with E-state index in [0.29, 0.717) is 6.54 Å². The van der Waals surface area contributed by atoms with E-state index in [0.717, 1.165) is 25.9 Å². The van der Waals surface area contributed by atoms with Crippen molar-refractivity contribution in [3.63, 3.8) is 0 Å². The maximum absolute atomic E-state index is 12.7. The van der Waals surface area contributed by atoms with Crippen molar-refractivity contribution < 1.29 is 4.79 Å². The maximum atomic E-state index is 12.7. The summed E-state index contributed by atoms with van der Waals surface area (Å²) in [5.41, 5.74) is 2.15. The third-order valence-corrected chi connectivity index (χ3v) is 4.44. The van der Waals surface area contributed by atoms with E-state index in [1.165, 1.54) is 11.3 Å². The predicted molar refractivity (Wildman–Crippen MR) is 87.5 cm³/mol. The van der Waals surface area contributed by atoms with Crippen LogP contribution in [0.2, 0.25) is 0 Å². The summed E-state index contributed by atoms with van der Waals surface area (Å²) in [6.45, 7) is 4.65. The average molecular weight is 289 g/mol. The molecule has 4 heteroatoms. The highest BCUT2D eigenvalue weighted by Gasteiger charge is 2.36. The Labute approximate surface area is 128 Å². The molecule has 0 atom stereocenters. The van der Waals surface area contributed by atoms with Crippen LogP contribution in [-0.2, 0) is 11.3 Å². The Morgan fingerprint density at radius 2 is 1.71 bits per heavy atom. The first-order valence-electron chi connectivity index (χ1n) is 7.65. The monoisotopic (exact) mass is 289 g/mol. The third-order valence-electron chi connectivity index (χ3n) is 4.44. The summed E-state index contributed by atoms with van der Waals surface area (Å²) >= 11 is 0. The lowest BCUT2D eigenvalue weighted by atomic mass is 9.79. The van der Waals surface area contributed by atoms with E-state index in [1.54, 1.807) is 0 Å². The number of piperidine rings is 1. The highest BCUT2D eigenvalue weighted by molar-refractivity contribution is 5.82. The molecule has 0 bridgehead atoms. The standard InChI is InChI=1S/C17H27N3O/c1-17(9-11-18-12-10-17)16(21)20(4)13-14-5-7-15(8-6-14)19(2)3/h5-8,18H,9-13H2,1-4H3. The summed E-state index contributed by atoms with van der Waals surface area (Å²) in [7, 11) is 5.97. The lowest BCUT2D eigenvalue weighted by molar-refractivity contribution is -0.141. The Morgan fingerprint density at radius 1 is 1.14 bits per heavy atom. The van der Waals surface area contributed by atoms with Crippen molar-refractivity contribution >= 4 is 11.6 Å². The van der Waals surface area contributed by atoms with Crippen LogP contribution >= 0.6 is 0 Å². The number of carbonyl (C=O) groups excluding carboxylic acids is 1. The Morgan fingerprint density at radius 3 is 2.24 bits per heavy atom. The van der Waals surface area contributed by atoms with E-state index >= 15 is 0 Å². The fourth-order valence-electron chi connectivity index (χ4n) is 2.90. The molecule has 21 heavy (non-hydrogen) atoms. The third kappa shape index (κ3) is 3.76. The molecule has 0 aliphatic carbocycles. The molecule has 1 N–H and O–H groups in total. The van der Waals surface area contributed by atoms with Crippen molar-refractivity contribution in [3.05, 3.63) is 29.8 Å². The van der Waals surface area contributed by atoms with Crippen molar-refractivity contribution in [2.75, 3.05) is 39.1 Å². The summed E-state index contributed by atoms with van der Waals surface area (Å²) in [5.74, 6) is 0.265. The van der Waals surface area contributed by atoms with Gasteiger partial charge in [-0.05, 0) is 43.6 Å². The van der Waals surface area contributed by atoms with Crippen LogP contribution in [0.3, 0.4) is 0 Å². The van der Waals surface area contributed by atoms with Gasteiger partial charge < -0.3 is 15.1 Å². The molecule has 1 saturated heterocycles. The molecular formula is C17H27N3O. The first kappa shape index (κ1) is 15.8. The number of hydrogen-bond acceptors (Lipinski definition) is 3. The highest BCUT2D eigenvalue weighted by Crippen LogP contribution is 2.30. The molecule has 1 amide bonds. The van der Waals surface area contributed by atoms with Crippen LogP contribution in [-0.4, -0.2) is 45.0 Å². The molecule has 1 aliphatic rings. The molecule has 1 aromatic carbocycles. The first-order chi connectivity index (χ1) is 9.92. The van der Waals surface area contributed by atoms with Gasteiger partial charge in [-0.15, -0.1) is 0 Å². The van der Waals surface area contributed by atoms with Crippen LogP contribution in [0.4, 0.5) is 5.69 Å². The van der Waals surface area contributed by atoms with Crippen molar-refractivity contribution in [3.8, 4) is 0 Å². The van der Waals surface area contributed by atoms with Crippen LogP contribution in [0.5, 0.6) is 0 Å². The van der Waals surface area contributed by atoms with Gasteiger partial charge in [-0.25, -0.2) is 0 Å². The molecule has 1 fully saturated rings. The number of nitrogens with one attached hydrogen (secondary N) is 1. The van der Waals surface area contributed by atoms with Gasteiger partial charge in [0.25, 0.3) is 0 Å². The van der Waals surface area contributed by atoms with Crippen molar-refractivity contribution in [1.82, 2.24) is 10.2 Å². The summed E-state index contributed by atoms with van der Waals surface area (Å²) < 4.78 is 0. The van der Waals surface area contributed by atoms with Gasteiger partial charge in [0, 0.05) is 38.8 Å². The van der Waals surface area contributed by atoms with E-state index in [2.05, 4.69) is 41.4 Å². The van der Waals surface area contributed by atoms with Gasteiger partial charge >= 0.3 is 0 Å². The van der Waals surface area contributed by atoms with Crippen LogP contribution < -0.4 is 10.2 Å². The quantitative estimate of drug-likeness (QED) is 0.922. The maximum Gasteiger partial charge on any atom is 0.228 e. The number of anilines is 1. The fraction of sp³-hybridized carbons (Fsp3) is 0.588. The minimum atomic E-state index is -0.205. The highest BCUT2D eigenvalue weighted by atomic mass is 16.2. The Kier molecular flexibility index (Phi) is 4.88. The topological polar surface area (TPSA) is 35.6 Å². The van der Waals surface area contributed by atoms with Gasteiger partial charge in [-0.3, -0.25) is 4.79 Å². The predicted octanol–water partition coefficient (Wildman–Crippen LogP) is 2.10. The molecule has 0 aromatic heterocycles. The summed E-state index contributed by atoms with van der Waals surface area (Å²) in [5, 5.41) is 3.32. The molecular weight excluding hydrogens is 262 g/mol. The number of nitrogens with zero attached hydrogens (tertiary/aromatic N) is 2. The van der Waals surface area contributed by atoms with Gasteiger partial charge in [0.05, 0.1) is 0 Å². The zero-order chi connectivity index (χ0) is 15.5. The zero-order valence-electron chi connectivity index (χ0n) is 13.6. The molecule has 1 aromatic rings. The summed E-state index contributed by atoms with van der Waals surface area (Å²) in [6.07, 6.45) is 1.85. The second-order valence-corrected chi connectivity index (χ2v) is 6.53. The lowest BCUT2D eigenvalue weighted by Crippen LogP contribution is -2.46. The summed E-state index contributed by atoms with van der Waals surface area (Å²) in [6, 6.07) is 8.40. The molecule has 1 aliphatic heterocycles. The van der Waals surface area contributed by atoms with Crippen molar-refractivity contribution in [2.24, 2.45) is 5.41 Å². The van der Waals surface area contributed by atoms with E-state index in [9.17, 15) is 4.79 Å². The van der Waals surface area contributed by atoms with Crippen LogP contribution in [0.1, 0.15) is 25.3 Å². The molecule has 0 radical (unpaired) electrons. The van der Waals surface area contributed by atoms with Gasteiger partial charge in [0.2, 0.25) is 5.91 Å². The van der Waals surface area contributed by atoms with Crippen molar-refractivity contribution in [2.45, 2.75) is 26.3 Å². The minimum Gasteiger partial charge on any atom is -0.378 e. The number of hydrogen-bond donors (Lipinski definition) is 1. The molecule has 0 spiro atoms. The first-order valence-corrected chi connectivity index (χ1v) is 7.65. The van der Waals surface area contributed by atoms with E-state index < -0.39 is 0 Å². The van der Waals surface area contributed by atoms with Gasteiger partial charge in [0.15, 0.2) is 0 Å². The summed E-state index contributed by atoms with van der Waals surface area (Å²) in [4.78, 5) is 16.6. The smallest absolute Gasteiger partial charge is 0.228 e. The number of carbonyl (C=O) groups is 1. The number of benzene rings is 1. The van der Waals surface area contributed by atoms with Gasteiger partial charge in [-0.2, -0.15) is 0 Å². The second-order valence-electron chi connectivity index (χ2n) is 6.53. The normalized spacial score (nSPS) is 17.3. The van der Waals surface area contributed by atoms with E-state index in [1.807, 2.05) is 26.0 Å². The van der Waals surface area contributed by atoms with E-state index in [4.69, 9.17) is 0 Å². The van der Waals surface area contributed by atoms with E-state index in [-0.39, 0.29) is 11.3 Å². The number of amides is 1. The largest absolute Gasteiger partial charge is 0.378 e. The Balaban J connectivity index is 2.00. The SMILES string of the molecule is CN(Cc1ccc(N(C)C)cc1)C(=O)C1(C)CCNCC1. The molecule has 0 unspecified atom stereocenters. The molecule has 1 heterocycles. The molecule has 116 valence electrons. The second kappa shape index (κ2) is 6.48.